The van der Waals surface area contributed by atoms with Crippen LogP contribution in [0.1, 0.15) is 465 Å². The summed E-state index contributed by atoms with van der Waals surface area (Å²) in [5, 5.41) is 10.7. The second kappa shape index (κ2) is 78.7. The van der Waals surface area contributed by atoms with Crippen LogP contribution in [-0.2, 0) is 65.4 Å². The summed E-state index contributed by atoms with van der Waals surface area (Å²) in [6, 6.07) is 0. The first-order chi connectivity index (χ1) is 51.0. The van der Waals surface area contributed by atoms with Crippen molar-refractivity contribution in [2.24, 2.45) is 5.92 Å². The number of carbonyl (C=O) groups is 4. The fraction of sp³-hybridized carbons (Fsp3) is 0.953. The fourth-order valence-electron chi connectivity index (χ4n) is 13.5. The van der Waals surface area contributed by atoms with Crippen LogP contribution in [0.25, 0.3) is 0 Å². The molecule has 17 nitrogen and oxygen atoms in total. The molecular weight excluding hydrogens is 1370 g/mol. The highest BCUT2D eigenvalue weighted by Gasteiger charge is 2.30. The zero-order valence-electron chi connectivity index (χ0n) is 68.9. The van der Waals surface area contributed by atoms with Gasteiger partial charge in [-0.15, -0.1) is 0 Å². The van der Waals surface area contributed by atoms with Crippen LogP contribution in [0, 0.1) is 5.92 Å². The van der Waals surface area contributed by atoms with Crippen molar-refractivity contribution in [2.75, 3.05) is 39.6 Å². The van der Waals surface area contributed by atoms with Crippen molar-refractivity contribution in [3.05, 3.63) is 0 Å². The Kier molecular flexibility index (Phi) is 77.3. The summed E-state index contributed by atoms with van der Waals surface area (Å²) in [7, 11) is -9.92. The van der Waals surface area contributed by atoms with Gasteiger partial charge in [-0.05, 0) is 31.6 Å². The summed E-state index contributed by atoms with van der Waals surface area (Å²) in [5.41, 5.74) is 0. The molecule has 0 rings (SSSR count). The van der Waals surface area contributed by atoms with Gasteiger partial charge in [-0.1, -0.05) is 413 Å². The summed E-state index contributed by atoms with van der Waals surface area (Å²) in [5.74, 6) is -1.38. The predicted molar refractivity (Wildman–Crippen MR) is 432 cm³/mol. The molecule has 0 bridgehead atoms. The Balaban J connectivity index is 5.20. The van der Waals surface area contributed by atoms with Crippen LogP contribution in [0.5, 0.6) is 0 Å². The fourth-order valence-corrected chi connectivity index (χ4v) is 15.1. The maximum absolute atomic E-state index is 13.1. The molecular formula is C86H168O17P2. The molecule has 0 amide bonds. The first-order valence-electron chi connectivity index (χ1n) is 44.6. The third kappa shape index (κ3) is 79.9. The van der Waals surface area contributed by atoms with Gasteiger partial charge in [0.2, 0.25) is 0 Å². The van der Waals surface area contributed by atoms with E-state index in [0.29, 0.717) is 25.7 Å². The Labute approximate surface area is 645 Å². The van der Waals surface area contributed by atoms with Crippen LogP contribution < -0.4 is 0 Å². The Morgan fingerprint density at radius 3 is 0.648 bits per heavy atom. The van der Waals surface area contributed by atoms with Crippen molar-refractivity contribution < 1.29 is 80.2 Å². The molecule has 5 atom stereocenters. The molecule has 0 saturated heterocycles. The van der Waals surface area contributed by atoms with Gasteiger partial charge < -0.3 is 33.8 Å². The van der Waals surface area contributed by atoms with E-state index in [0.717, 1.165) is 95.8 Å². The van der Waals surface area contributed by atoms with Crippen molar-refractivity contribution in [2.45, 2.75) is 483 Å². The third-order valence-electron chi connectivity index (χ3n) is 20.3. The number of carbonyl (C=O) groups excluding carboxylic acids is 4. The number of esters is 4. The number of ether oxygens (including phenoxy) is 4. The second-order valence-electron chi connectivity index (χ2n) is 31.4. The van der Waals surface area contributed by atoms with E-state index in [1.807, 2.05) is 0 Å². The van der Waals surface area contributed by atoms with Gasteiger partial charge in [0.25, 0.3) is 0 Å². The summed E-state index contributed by atoms with van der Waals surface area (Å²) in [6.07, 6.45) is 72.4. The van der Waals surface area contributed by atoms with Crippen LogP contribution >= 0.6 is 15.6 Å². The van der Waals surface area contributed by atoms with E-state index in [9.17, 15) is 43.2 Å². The predicted octanol–water partition coefficient (Wildman–Crippen LogP) is 26.4. The van der Waals surface area contributed by atoms with Crippen molar-refractivity contribution in [3.63, 3.8) is 0 Å². The maximum atomic E-state index is 13.1. The van der Waals surface area contributed by atoms with E-state index in [4.69, 9.17) is 37.0 Å². The van der Waals surface area contributed by atoms with Gasteiger partial charge in [-0.25, -0.2) is 9.13 Å². The molecule has 0 aromatic heterocycles. The number of aliphatic hydroxyl groups is 1. The molecule has 105 heavy (non-hydrogen) atoms. The molecule has 0 saturated carbocycles. The van der Waals surface area contributed by atoms with Gasteiger partial charge in [-0.3, -0.25) is 37.3 Å². The number of rotatable bonds is 86. The standard InChI is InChI=1S/C86H168O17P2/c1-6-9-12-15-18-21-24-27-29-31-33-35-36-38-40-42-44-47-50-57-62-67-72-86(91)102-81(75-96-83(88)69-64-59-54-48-46-43-41-39-37-34-32-30-28-25-22-19-16-13-10-7-2)77-100-104(92,93)98-73-80(87)74-99-105(94,95)101-78-82(76-97-84(89)70-65-60-55-52-51-53-58-63-68-79(4)5)103-85(90)71-66-61-56-49-45-26-23-20-17-14-11-8-3/h79-82,87H,6-78H2,1-5H3,(H,92,93)(H,94,95)/t80-,81-,82-/m1/s1. The molecule has 0 spiro atoms. The van der Waals surface area contributed by atoms with Crippen molar-refractivity contribution in [1.29, 1.82) is 0 Å². The summed E-state index contributed by atoms with van der Waals surface area (Å²) in [4.78, 5) is 73.2. The van der Waals surface area contributed by atoms with Crippen molar-refractivity contribution in [3.8, 4) is 0 Å². The number of phosphoric acid groups is 2. The normalized spacial score (nSPS) is 13.8. The highest BCUT2D eigenvalue weighted by atomic mass is 31.2. The van der Waals surface area contributed by atoms with Crippen LogP contribution in [0.15, 0.2) is 0 Å². The minimum absolute atomic E-state index is 0.107. The second-order valence-corrected chi connectivity index (χ2v) is 34.3. The van der Waals surface area contributed by atoms with Crippen molar-refractivity contribution in [1.82, 2.24) is 0 Å². The average molecular weight is 1540 g/mol. The van der Waals surface area contributed by atoms with E-state index in [-0.39, 0.29) is 25.7 Å². The highest BCUT2D eigenvalue weighted by Crippen LogP contribution is 2.45. The average Bonchev–Trinajstić information content (AvgIpc) is 0.907. The maximum Gasteiger partial charge on any atom is 0.472 e. The lowest BCUT2D eigenvalue weighted by atomic mass is 10.0. The molecule has 2 unspecified atom stereocenters. The summed E-state index contributed by atoms with van der Waals surface area (Å²) >= 11 is 0. The quantitative estimate of drug-likeness (QED) is 0.0222. The van der Waals surface area contributed by atoms with E-state index in [1.54, 1.807) is 0 Å². The molecule has 624 valence electrons. The summed E-state index contributed by atoms with van der Waals surface area (Å²) < 4.78 is 68.8. The Morgan fingerprint density at radius 2 is 0.438 bits per heavy atom. The number of unbranched alkanes of at least 4 members (excludes halogenated alkanes) is 58. The lowest BCUT2D eigenvalue weighted by molar-refractivity contribution is -0.161. The highest BCUT2D eigenvalue weighted by molar-refractivity contribution is 7.47. The van der Waals surface area contributed by atoms with E-state index >= 15 is 0 Å². The lowest BCUT2D eigenvalue weighted by Crippen LogP contribution is -2.30. The van der Waals surface area contributed by atoms with E-state index in [1.165, 1.54) is 289 Å². The lowest BCUT2D eigenvalue weighted by Gasteiger charge is -2.21. The largest absolute Gasteiger partial charge is 0.472 e. The molecule has 0 aromatic carbocycles. The molecule has 0 heterocycles. The molecule has 0 aliphatic carbocycles. The Morgan fingerprint density at radius 1 is 0.257 bits per heavy atom. The number of phosphoric ester groups is 2. The molecule has 3 N–H and O–H groups in total. The van der Waals surface area contributed by atoms with Gasteiger partial charge in [0.05, 0.1) is 26.4 Å². The zero-order chi connectivity index (χ0) is 76.9. The zero-order valence-corrected chi connectivity index (χ0v) is 70.7. The first kappa shape index (κ1) is 103. The molecule has 0 aliphatic rings. The van der Waals surface area contributed by atoms with Crippen molar-refractivity contribution >= 4 is 39.5 Å². The third-order valence-corrected chi connectivity index (χ3v) is 22.2. The molecule has 0 aromatic rings. The molecule has 0 fully saturated rings. The van der Waals surface area contributed by atoms with Crippen LogP contribution in [-0.4, -0.2) is 96.7 Å². The van der Waals surface area contributed by atoms with E-state index < -0.39 is 97.5 Å². The topological polar surface area (TPSA) is 237 Å². The molecule has 19 heteroatoms. The Hall–Kier alpha value is -1.94. The smallest absolute Gasteiger partial charge is 0.462 e. The van der Waals surface area contributed by atoms with Crippen LogP contribution in [0.4, 0.5) is 0 Å². The van der Waals surface area contributed by atoms with Gasteiger partial charge in [0.15, 0.2) is 12.2 Å². The summed E-state index contributed by atoms with van der Waals surface area (Å²) in [6.45, 7) is 7.32. The molecule has 0 radical (unpaired) electrons. The number of aliphatic hydroxyl groups excluding tert-OH is 1. The monoisotopic (exact) mass is 1540 g/mol. The SMILES string of the molecule is CCCCCCCCCCCCCCCCCCCCCCCCC(=O)O[C@H](COC(=O)CCCCCCCCCCCCCCCCCCCCCC)COP(=O)(O)OC[C@@H](O)COP(=O)(O)OC[C@@H](COC(=O)CCCCCCCCCCC(C)C)OC(=O)CCCCCCCCCCCCCC. The first-order valence-corrected chi connectivity index (χ1v) is 47.6. The minimum atomic E-state index is -4.97. The van der Waals surface area contributed by atoms with Crippen LogP contribution in [0.3, 0.4) is 0 Å². The number of hydrogen-bond acceptors (Lipinski definition) is 15. The number of hydrogen-bond donors (Lipinski definition) is 3. The minimum Gasteiger partial charge on any atom is -0.462 e. The van der Waals surface area contributed by atoms with Gasteiger partial charge in [0, 0.05) is 25.7 Å². The van der Waals surface area contributed by atoms with Gasteiger partial charge >= 0.3 is 39.5 Å². The van der Waals surface area contributed by atoms with Crippen LogP contribution in [0.2, 0.25) is 0 Å². The van der Waals surface area contributed by atoms with E-state index in [2.05, 4.69) is 34.6 Å². The molecule has 0 aliphatic heterocycles. The van der Waals surface area contributed by atoms with Gasteiger partial charge in [0.1, 0.15) is 19.3 Å². The van der Waals surface area contributed by atoms with Gasteiger partial charge in [-0.2, -0.15) is 0 Å². The Bertz CT molecular complexity index is 2000.